The van der Waals surface area contributed by atoms with Crippen LogP contribution in [0.25, 0.3) is 0 Å². The van der Waals surface area contributed by atoms with Gasteiger partial charge in [-0.25, -0.2) is 0 Å². The van der Waals surface area contributed by atoms with E-state index < -0.39 is 12.0 Å². The zero-order valence-electron chi connectivity index (χ0n) is 16.1. The number of ether oxygens (including phenoxy) is 1. The Hall–Kier alpha value is -2.82. The van der Waals surface area contributed by atoms with E-state index in [2.05, 4.69) is 10.9 Å². The molecule has 0 aromatic heterocycles. The van der Waals surface area contributed by atoms with Crippen LogP contribution >= 0.6 is 0 Å². The first-order valence-electron chi connectivity index (χ1n) is 9.40. The van der Waals surface area contributed by atoms with Gasteiger partial charge in [0.25, 0.3) is 11.8 Å². The van der Waals surface area contributed by atoms with Crippen molar-refractivity contribution in [2.45, 2.75) is 52.6 Å². The summed E-state index contributed by atoms with van der Waals surface area (Å²) in [5, 5.41) is 0. The van der Waals surface area contributed by atoms with Gasteiger partial charge in [-0.2, -0.15) is 0 Å². The van der Waals surface area contributed by atoms with Gasteiger partial charge in [0.1, 0.15) is 5.75 Å². The highest BCUT2D eigenvalue weighted by molar-refractivity contribution is 5.96. The second kappa shape index (κ2) is 8.25. The van der Waals surface area contributed by atoms with Gasteiger partial charge in [0.2, 0.25) is 0 Å². The third-order valence-electron chi connectivity index (χ3n) is 5.14. The van der Waals surface area contributed by atoms with E-state index in [0.29, 0.717) is 11.3 Å². The molecule has 0 saturated carbocycles. The lowest BCUT2D eigenvalue weighted by Gasteiger charge is -2.18. The number of nitrogens with one attached hydrogen (secondary N) is 2. The summed E-state index contributed by atoms with van der Waals surface area (Å²) >= 11 is 0. The Balaban J connectivity index is 1.56. The summed E-state index contributed by atoms with van der Waals surface area (Å²) in [6.45, 7) is 5.60. The van der Waals surface area contributed by atoms with Crippen LogP contribution in [0, 0.1) is 13.8 Å². The van der Waals surface area contributed by atoms with Crippen LogP contribution in [0.2, 0.25) is 0 Å². The van der Waals surface area contributed by atoms with E-state index in [-0.39, 0.29) is 5.91 Å². The molecule has 2 amide bonds. The molecule has 5 nitrogen and oxygen atoms in total. The summed E-state index contributed by atoms with van der Waals surface area (Å²) < 4.78 is 5.74. The van der Waals surface area contributed by atoms with E-state index in [4.69, 9.17) is 4.74 Å². The number of carbonyl (C=O) groups excluding carboxylic acids is 2. The van der Waals surface area contributed by atoms with Crippen LogP contribution in [0.15, 0.2) is 36.4 Å². The molecule has 3 rings (SSSR count). The minimum absolute atomic E-state index is 0.323. The second-order valence-corrected chi connectivity index (χ2v) is 7.09. The van der Waals surface area contributed by atoms with Crippen LogP contribution in [-0.2, 0) is 17.6 Å². The molecule has 142 valence electrons. The topological polar surface area (TPSA) is 67.4 Å². The minimum atomic E-state index is -0.727. The third-order valence-corrected chi connectivity index (χ3v) is 5.14. The summed E-state index contributed by atoms with van der Waals surface area (Å²) in [6.07, 6.45) is 3.70. The lowest BCUT2D eigenvalue weighted by molar-refractivity contribution is -0.128. The standard InChI is InChI=1S/C22H26N2O3/c1-14-7-6-10-20(15(14)2)27-16(3)21(25)23-24-22(26)19-12-11-17-8-4-5-9-18(17)13-19/h6-7,10-13,16H,4-5,8-9H2,1-3H3,(H,23,25)(H,24,26)/t16-/m0/s1. The van der Waals surface area contributed by atoms with Gasteiger partial charge in [-0.05, 0) is 86.9 Å². The third kappa shape index (κ3) is 4.48. The normalized spacial score (nSPS) is 14.0. The van der Waals surface area contributed by atoms with Crippen LogP contribution < -0.4 is 15.6 Å². The quantitative estimate of drug-likeness (QED) is 0.815. The summed E-state index contributed by atoms with van der Waals surface area (Å²) in [6, 6.07) is 11.5. The van der Waals surface area contributed by atoms with Gasteiger partial charge in [-0.15, -0.1) is 0 Å². The molecule has 5 heteroatoms. The molecule has 27 heavy (non-hydrogen) atoms. The molecular formula is C22H26N2O3. The van der Waals surface area contributed by atoms with E-state index in [0.717, 1.165) is 30.4 Å². The first kappa shape index (κ1) is 19.0. The van der Waals surface area contributed by atoms with Crippen molar-refractivity contribution in [1.29, 1.82) is 0 Å². The number of amides is 2. The van der Waals surface area contributed by atoms with Crippen LogP contribution in [-0.4, -0.2) is 17.9 Å². The molecule has 0 unspecified atom stereocenters. The van der Waals surface area contributed by atoms with Crippen molar-refractivity contribution in [1.82, 2.24) is 10.9 Å². The van der Waals surface area contributed by atoms with Gasteiger partial charge in [0, 0.05) is 5.56 Å². The van der Waals surface area contributed by atoms with E-state index in [9.17, 15) is 9.59 Å². The Bertz CT molecular complexity index is 861. The fourth-order valence-corrected chi connectivity index (χ4v) is 3.26. The molecule has 0 spiro atoms. The average molecular weight is 366 g/mol. The Morgan fingerprint density at radius 3 is 2.52 bits per heavy atom. The summed E-state index contributed by atoms with van der Waals surface area (Å²) in [5.41, 5.74) is 10.1. The number of fused-ring (bicyclic) bond motifs is 1. The lowest BCUT2D eigenvalue weighted by Crippen LogP contribution is -2.47. The van der Waals surface area contributed by atoms with E-state index in [1.165, 1.54) is 17.5 Å². The summed E-state index contributed by atoms with van der Waals surface area (Å²) in [4.78, 5) is 24.6. The fraction of sp³-hybridized carbons (Fsp3) is 0.364. The maximum absolute atomic E-state index is 12.3. The molecule has 1 atom stereocenters. The monoisotopic (exact) mass is 366 g/mol. The van der Waals surface area contributed by atoms with Crippen LogP contribution in [0.3, 0.4) is 0 Å². The molecule has 1 aliphatic carbocycles. The fourth-order valence-electron chi connectivity index (χ4n) is 3.26. The first-order valence-corrected chi connectivity index (χ1v) is 9.40. The predicted octanol–water partition coefficient (Wildman–Crippen LogP) is 3.41. The van der Waals surface area contributed by atoms with Gasteiger partial charge in [0.15, 0.2) is 6.10 Å². The van der Waals surface area contributed by atoms with Crippen molar-refractivity contribution in [3.05, 3.63) is 64.2 Å². The Morgan fingerprint density at radius 2 is 1.74 bits per heavy atom. The SMILES string of the molecule is Cc1cccc(O[C@@H](C)C(=O)NNC(=O)c2ccc3c(c2)CCCC3)c1C. The molecule has 0 fully saturated rings. The number of aryl methyl sites for hydroxylation is 3. The van der Waals surface area contributed by atoms with Gasteiger partial charge in [-0.3, -0.25) is 20.4 Å². The largest absolute Gasteiger partial charge is 0.481 e. The van der Waals surface area contributed by atoms with Crippen LogP contribution in [0.4, 0.5) is 0 Å². The number of rotatable bonds is 4. The van der Waals surface area contributed by atoms with E-state index in [1.54, 1.807) is 6.92 Å². The highest BCUT2D eigenvalue weighted by Gasteiger charge is 2.18. The molecular weight excluding hydrogens is 340 g/mol. The minimum Gasteiger partial charge on any atom is -0.481 e. The Labute approximate surface area is 160 Å². The first-order chi connectivity index (χ1) is 13.0. The predicted molar refractivity (Wildman–Crippen MR) is 105 cm³/mol. The molecule has 0 aliphatic heterocycles. The lowest BCUT2D eigenvalue weighted by atomic mass is 9.90. The summed E-state index contributed by atoms with van der Waals surface area (Å²) in [7, 11) is 0. The molecule has 0 bridgehead atoms. The zero-order chi connectivity index (χ0) is 19.4. The van der Waals surface area contributed by atoms with Crippen molar-refractivity contribution in [2.75, 3.05) is 0 Å². The van der Waals surface area contributed by atoms with Crippen molar-refractivity contribution in [3.63, 3.8) is 0 Å². The van der Waals surface area contributed by atoms with Crippen LogP contribution in [0.1, 0.15) is 52.4 Å². The average Bonchev–Trinajstić information content (AvgIpc) is 2.68. The number of hydrogen-bond donors (Lipinski definition) is 2. The smallest absolute Gasteiger partial charge is 0.279 e. The summed E-state index contributed by atoms with van der Waals surface area (Å²) in [5.74, 6) is -0.0588. The number of benzene rings is 2. The van der Waals surface area contributed by atoms with Crippen molar-refractivity contribution < 1.29 is 14.3 Å². The molecule has 1 aliphatic rings. The Morgan fingerprint density at radius 1 is 1.00 bits per heavy atom. The Kier molecular flexibility index (Phi) is 5.79. The van der Waals surface area contributed by atoms with E-state index in [1.807, 2.05) is 50.2 Å². The van der Waals surface area contributed by atoms with Crippen molar-refractivity contribution >= 4 is 11.8 Å². The highest BCUT2D eigenvalue weighted by Crippen LogP contribution is 2.23. The highest BCUT2D eigenvalue weighted by atomic mass is 16.5. The molecule has 0 radical (unpaired) electrons. The molecule has 2 aromatic rings. The van der Waals surface area contributed by atoms with Crippen molar-refractivity contribution in [2.24, 2.45) is 0 Å². The number of carbonyl (C=O) groups is 2. The molecule has 0 saturated heterocycles. The maximum Gasteiger partial charge on any atom is 0.279 e. The molecule has 0 heterocycles. The van der Waals surface area contributed by atoms with Gasteiger partial charge in [0.05, 0.1) is 0 Å². The van der Waals surface area contributed by atoms with Gasteiger partial charge in [-0.1, -0.05) is 18.2 Å². The van der Waals surface area contributed by atoms with Gasteiger partial charge >= 0.3 is 0 Å². The van der Waals surface area contributed by atoms with Crippen LogP contribution in [0.5, 0.6) is 5.75 Å². The zero-order valence-corrected chi connectivity index (χ0v) is 16.1. The number of hydrogen-bond acceptors (Lipinski definition) is 3. The maximum atomic E-state index is 12.3. The van der Waals surface area contributed by atoms with Gasteiger partial charge < -0.3 is 4.74 Å². The molecule has 2 N–H and O–H groups in total. The van der Waals surface area contributed by atoms with E-state index >= 15 is 0 Å². The van der Waals surface area contributed by atoms with Crippen molar-refractivity contribution in [3.8, 4) is 5.75 Å². The number of hydrazine groups is 1. The second-order valence-electron chi connectivity index (χ2n) is 7.09. The molecule has 2 aromatic carbocycles.